The van der Waals surface area contributed by atoms with E-state index in [2.05, 4.69) is 33.2 Å². The van der Waals surface area contributed by atoms with Crippen LogP contribution in [0.5, 0.6) is 0 Å². The molecule has 1 aromatic heterocycles. The van der Waals surface area contributed by atoms with Gasteiger partial charge in [0.25, 0.3) is 0 Å². The van der Waals surface area contributed by atoms with E-state index in [1.807, 2.05) is 0 Å². The second kappa shape index (κ2) is 6.08. The first-order valence-electron chi connectivity index (χ1n) is 6.88. The van der Waals surface area contributed by atoms with Crippen molar-refractivity contribution in [3.8, 4) is 0 Å². The highest BCUT2D eigenvalue weighted by atomic mass is 32.2. The van der Waals surface area contributed by atoms with Gasteiger partial charge in [-0.15, -0.1) is 0 Å². The van der Waals surface area contributed by atoms with Crippen molar-refractivity contribution in [1.29, 1.82) is 0 Å². The van der Waals surface area contributed by atoms with Gasteiger partial charge < -0.3 is 9.84 Å². The van der Waals surface area contributed by atoms with Gasteiger partial charge in [-0.2, -0.15) is 11.8 Å². The zero-order valence-corrected chi connectivity index (χ0v) is 11.5. The number of aromatic nitrogens is 1. The van der Waals surface area contributed by atoms with Crippen molar-refractivity contribution >= 4 is 11.8 Å². The van der Waals surface area contributed by atoms with E-state index in [1.165, 1.54) is 43.9 Å². The minimum absolute atomic E-state index is 0.729. The Kier molecular flexibility index (Phi) is 4.23. The van der Waals surface area contributed by atoms with Crippen LogP contribution in [0.25, 0.3) is 0 Å². The topological polar surface area (TPSA) is 41.3 Å². The van der Waals surface area contributed by atoms with Gasteiger partial charge in [0.1, 0.15) is 0 Å². The van der Waals surface area contributed by atoms with Crippen LogP contribution in [-0.4, -0.2) is 40.7 Å². The molecule has 0 unspecified atom stereocenters. The van der Waals surface area contributed by atoms with Crippen LogP contribution < -0.4 is 5.32 Å². The van der Waals surface area contributed by atoms with Gasteiger partial charge in [-0.1, -0.05) is 5.16 Å². The monoisotopic (exact) mass is 267 g/mol. The molecule has 1 N–H and O–H groups in total. The maximum atomic E-state index is 5.42. The number of hydrogen-bond donors (Lipinski definition) is 1. The van der Waals surface area contributed by atoms with Crippen molar-refractivity contribution in [2.75, 3.05) is 24.6 Å². The van der Waals surface area contributed by atoms with E-state index in [0.29, 0.717) is 0 Å². The predicted octanol–water partition coefficient (Wildman–Crippen LogP) is 1.87. The highest BCUT2D eigenvalue weighted by molar-refractivity contribution is 7.99. The van der Waals surface area contributed by atoms with Crippen LogP contribution in [0, 0.1) is 0 Å². The SMILES string of the molecule is c1c(CNC2CC2)noc1CN1CCCSCC1. The summed E-state index contributed by atoms with van der Waals surface area (Å²) in [6, 6.07) is 2.83. The van der Waals surface area contributed by atoms with E-state index >= 15 is 0 Å². The van der Waals surface area contributed by atoms with Crippen molar-refractivity contribution in [1.82, 2.24) is 15.4 Å². The molecule has 0 radical (unpaired) electrons. The van der Waals surface area contributed by atoms with Gasteiger partial charge in [0, 0.05) is 31.0 Å². The molecule has 18 heavy (non-hydrogen) atoms. The third kappa shape index (κ3) is 3.73. The highest BCUT2D eigenvalue weighted by Gasteiger charge is 2.20. The molecule has 1 aliphatic heterocycles. The maximum Gasteiger partial charge on any atom is 0.151 e. The smallest absolute Gasteiger partial charge is 0.151 e. The summed E-state index contributed by atoms with van der Waals surface area (Å²) in [6.07, 6.45) is 3.92. The van der Waals surface area contributed by atoms with E-state index < -0.39 is 0 Å². The Balaban J connectivity index is 1.48. The molecule has 5 heteroatoms. The molecular formula is C13H21N3OS. The lowest BCUT2D eigenvalue weighted by Gasteiger charge is -2.16. The summed E-state index contributed by atoms with van der Waals surface area (Å²) >= 11 is 2.06. The molecule has 1 saturated carbocycles. The fraction of sp³-hybridized carbons (Fsp3) is 0.769. The average molecular weight is 267 g/mol. The van der Waals surface area contributed by atoms with Crippen molar-refractivity contribution in [3.63, 3.8) is 0 Å². The molecule has 1 saturated heterocycles. The first-order valence-corrected chi connectivity index (χ1v) is 8.03. The molecule has 2 heterocycles. The van der Waals surface area contributed by atoms with Crippen molar-refractivity contribution in [2.45, 2.75) is 38.4 Å². The van der Waals surface area contributed by atoms with Gasteiger partial charge in [0.15, 0.2) is 5.76 Å². The molecule has 100 valence electrons. The Morgan fingerprint density at radius 3 is 3.22 bits per heavy atom. The quantitative estimate of drug-likeness (QED) is 0.882. The van der Waals surface area contributed by atoms with Gasteiger partial charge in [0.2, 0.25) is 0 Å². The minimum atomic E-state index is 0.729. The Morgan fingerprint density at radius 1 is 1.39 bits per heavy atom. The second-order valence-electron chi connectivity index (χ2n) is 5.18. The lowest BCUT2D eigenvalue weighted by Crippen LogP contribution is -2.25. The number of nitrogens with one attached hydrogen (secondary N) is 1. The van der Waals surface area contributed by atoms with Gasteiger partial charge in [-0.3, -0.25) is 4.90 Å². The molecular weight excluding hydrogens is 246 g/mol. The van der Waals surface area contributed by atoms with Crippen LogP contribution in [-0.2, 0) is 13.1 Å². The molecule has 4 nitrogen and oxygen atoms in total. The Morgan fingerprint density at radius 2 is 2.33 bits per heavy atom. The zero-order valence-electron chi connectivity index (χ0n) is 10.7. The van der Waals surface area contributed by atoms with Crippen molar-refractivity contribution in [2.24, 2.45) is 0 Å². The van der Waals surface area contributed by atoms with Gasteiger partial charge >= 0.3 is 0 Å². The van der Waals surface area contributed by atoms with E-state index in [-0.39, 0.29) is 0 Å². The van der Waals surface area contributed by atoms with Gasteiger partial charge in [-0.25, -0.2) is 0 Å². The average Bonchev–Trinajstić information content (AvgIpc) is 3.14. The molecule has 0 spiro atoms. The first-order chi connectivity index (χ1) is 8.90. The standard InChI is InChI=1S/C13H21N3OS/c1-4-16(5-7-18-6-1)10-13-8-12(15-17-13)9-14-11-2-3-11/h8,11,14H,1-7,9-10H2. The fourth-order valence-corrected chi connectivity index (χ4v) is 3.15. The lowest BCUT2D eigenvalue weighted by molar-refractivity contribution is 0.245. The van der Waals surface area contributed by atoms with Gasteiger partial charge in [0.05, 0.1) is 12.2 Å². The van der Waals surface area contributed by atoms with E-state index in [4.69, 9.17) is 4.52 Å². The highest BCUT2D eigenvalue weighted by Crippen LogP contribution is 2.19. The summed E-state index contributed by atoms with van der Waals surface area (Å²) in [7, 11) is 0. The number of thioether (sulfide) groups is 1. The molecule has 0 atom stereocenters. The molecule has 1 aliphatic carbocycles. The number of nitrogens with zero attached hydrogens (tertiary/aromatic N) is 2. The second-order valence-corrected chi connectivity index (χ2v) is 6.41. The maximum absolute atomic E-state index is 5.42. The summed E-state index contributed by atoms with van der Waals surface area (Å²) in [5.41, 5.74) is 1.04. The third-order valence-electron chi connectivity index (χ3n) is 3.45. The van der Waals surface area contributed by atoms with Crippen LogP contribution in [0.1, 0.15) is 30.7 Å². The summed E-state index contributed by atoms with van der Waals surface area (Å²) in [5, 5.41) is 7.60. The molecule has 2 aliphatic rings. The van der Waals surface area contributed by atoms with Crippen LogP contribution in [0.3, 0.4) is 0 Å². The largest absolute Gasteiger partial charge is 0.360 e. The van der Waals surface area contributed by atoms with Crippen LogP contribution in [0.2, 0.25) is 0 Å². The molecule has 1 aromatic rings. The zero-order chi connectivity index (χ0) is 12.2. The Labute approximate surface area is 112 Å². The van der Waals surface area contributed by atoms with Crippen molar-refractivity contribution in [3.05, 3.63) is 17.5 Å². The Hall–Kier alpha value is -0.520. The fourth-order valence-electron chi connectivity index (χ4n) is 2.23. The van der Waals surface area contributed by atoms with Crippen LogP contribution in [0.4, 0.5) is 0 Å². The number of rotatable bonds is 5. The van der Waals surface area contributed by atoms with Crippen LogP contribution in [0.15, 0.2) is 10.6 Å². The third-order valence-corrected chi connectivity index (χ3v) is 4.50. The molecule has 0 amide bonds. The number of hydrogen-bond acceptors (Lipinski definition) is 5. The van der Waals surface area contributed by atoms with Crippen molar-refractivity contribution < 1.29 is 4.52 Å². The van der Waals surface area contributed by atoms with Crippen LogP contribution >= 0.6 is 11.8 Å². The lowest BCUT2D eigenvalue weighted by atomic mass is 10.3. The minimum Gasteiger partial charge on any atom is -0.360 e. The Bertz CT molecular complexity index is 370. The molecule has 0 bridgehead atoms. The summed E-state index contributed by atoms with van der Waals surface area (Å²) in [5.74, 6) is 3.54. The summed E-state index contributed by atoms with van der Waals surface area (Å²) in [6.45, 7) is 4.12. The summed E-state index contributed by atoms with van der Waals surface area (Å²) in [4.78, 5) is 2.47. The molecule has 0 aromatic carbocycles. The van der Waals surface area contributed by atoms with E-state index in [9.17, 15) is 0 Å². The normalized spacial score (nSPS) is 22.0. The van der Waals surface area contributed by atoms with E-state index in [0.717, 1.165) is 30.6 Å². The summed E-state index contributed by atoms with van der Waals surface area (Å²) < 4.78 is 5.42. The first kappa shape index (κ1) is 12.5. The molecule has 3 rings (SSSR count). The molecule has 2 fully saturated rings. The van der Waals surface area contributed by atoms with E-state index in [1.54, 1.807) is 0 Å². The van der Waals surface area contributed by atoms with Gasteiger partial charge in [-0.05, 0) is 31.6 Å². The predicted molar refractivity (Wildman–Crippen MR) is 73.6 cm³/mol.